The quantitative estimate of drug-likeness (QED) is 0.530. The molecule has 0 aliphatic carbocycles. The number of methoxy groups -OCH3 is 1. The molecule has 2 aromatic carbocycles. The maximum Gasteiger partial charge on any atom is 0.408 e. The number of furan rings is 1. The Morgan fingerprint density at radius 1 is 1.26 bits per heavy atom. The third-order valence-corrected chi connectivity index (χ3v) is 5.52. The highest BCUT2D eigenvalue weighted by molar-refractivity contribution is 5.95. The van der Waals surface area contributed by atoms with Gasteiger partial charge in [0.15, 0.2) is 11.5 Å². The Morgan fingerprint density at radius 3 is 2.90 bits per heavy atom. The van der Waals surface area contributed by atoms with E-state index >= 15 is 0 Å². The number of amides is 1. The Hall–Kier alpha value is -4.07. The van der Waals surface area contributed by atoms with E-state index in [1.807, 2.05) is 36.4 Å². The summed E-state index contributed by atoms with van der Waals surface area (Å²) >= 11 is 0. The Kier molecular flexibility index (Phi) is 4.47. The Labute approximate surface area is 177 Å². The summed E-state index contributed by atoms with van der Waals surface area (Å²) in [4.78, 5) is 13.2. The molecule has 1 aromatic heterocycles. The number of carbonyl (C=O) groups is 1. The molecule has 1 atom stereocenters. The van der Waals surface area contributed by atoms with E-state index in [0.717, 1.165) is 11.3 Å². The molecule has 2 aliphatic heterocycles. The van der Waals surface area contributed by atoms with Crippen LogP contribution in [0.15, 0.2) is 63.2 Å². The lowest BCUT2D eigenvalue weighted by atomic mass is 9.98. The SMILES string of the molecule is COc1ccc2c(O)c(C=C3N=Nc4ccccc43)oc2c1C1C=CCCN1C(=O)O. The van der Waals surface area contributed by atoms with Gasteiger partial charge in [-0.1, -0.05) is 30.4 Å². The Bertz CT molecular complexity index is 1290. The second-order valence-electron chi connectivity index (χ2n) is 7.26. The minimum absolute atomic E-state index is 0.0485. The van der Waals surface area contributed by atoms with Gasteiger partial charge in [-0.05, 0) is 24.6 Å². The highest BCUT2D eigenvalue weighted by atomic mass is 16.5. The molecule has 8 heteroatoms. The summed E-state index contributed by atoms with van der Waals surface area (Å²) in [5.41, 5.74) is 3.08. The van der Waals surface area contributed by atoms with Gasteiger partial charge in [0.05, 0.1) is 35.5 Å². The van der Waals surface area contributed by atoms with Crippen molar-refractivity contribution in [1.29, 1.82) is 0 Å². The van der Waals surface area contributed by atoms with Crippen molar-refractivity contribution in [3.63, 3.8) is 0 Å². The van der Waals surface area contributed by atoms with Gasteiger partial charge < -0.3 is 19.4 Å². The number of rotatable bonds is 3. The van der Waals surface area contributed by atoms with Crippen molar-refractivity contribution >= 4 is 34.5 Å². The van der Waals surface area contributed by atoms with Gasteiger partial charge in [-0.3, -0.25) is 4.90 Å². The van der Waals surface area contributed by atoms with Crippen LogP contribution in [0, 0.1) is 0 Å². The molecule has 5 rings (SSSR count). The molecule has 3 heterocycles. The van der Waals surface area contributed by atoms with Crippen molar-refractivity contribution in [3.8, 4) is 11.5 Å². The first-order valence-corrected chi connectivity index (χ1v) is 9.80. The van der Waals surface area contributed by atoms with Crippen molar-refractivity contribution in [2.75, 3.05) is 13.7 Å². The number of ether oxygens (including phenoxy) is 1. The maximum absolute atomic E-state index is 11.8. The smallest absolute Gasteiger partial charge is 0.408 e. The first-order chi connectivity index (χ1) is 15.1. The van der Waals surface area contributed by atoms with E-state index in [9.17, 15) is 15.0 Å². The number of aromatic hydroxyl groups is 1. The summed E-state index contributed by atoms with van der Waals surface area (Å²) in [6.45, 7) is 0.358. The molecule has 0 spiro atoms. The molecule has 0 saturated carbocycles. The van der Waals surface area contributed by atoms with Crippen LogP contribution in [-0.2, 0) is 0 Å². The molecule has 0 fully saturated rings. The van der Waals surface area contributed by atoms with Crippen molar-refractivity contribution in [2.24, 2.45) is 10.2 Å². The van der Waals surface area contributed by atoms with Crippen LogP contribution >= 0.6 is 0 Å². The van der Waals surface area contributed by atoms with Crippen LogP contribution < -0.4 is 4.74 Å². The van der Waals surface area contributed by atoms with Crippen LogP contribution in [-0.4, -0.2) is 34.9 Å². The topological polar surface area (TPSA) is 108 Å². The second-order valence-corrected chi connectivity index (χ2v) is 7.26. The summed E-state index contributed by atoms with van der Waals surface area (Å²) < 4.78 is 11.6. The van der Waals surface area contributed by atoms with Gasteiger partial charge in [0.1, 0.15) is 11.3 Å². The molecular weight excluding hydrogens is 398 g/mol. The van der Waals surface area contributed by atoms with Gasteiger partial charge in [-0.15, -0.1) is 10.2 Å². The fourth-order valence-electron chi connectivity index (χ4n) is 4.04. The average Bonchev–Trinajstić information content (AvgIpc) is 3.34. The van der Waals surface area contributed by atoms with Gasteiger partial charge >= 0.3 is 6.09 Å². The summed E-state index contributed by atoms with van der Waals surface area (Å²) in [6, 6.07) is 10.3. The second kappa shape index (κ2) is 7.32. The number of benzene rings is 2. The van der Waals surface area contributed by atoms with Crippen LogP contribution in [0.5, 0.6) is 11.5 Å². The van der Waals surface area contributed by atoms with Gasteiger partial charge in [0, 0.05) is 18.2 Å². The molecular formula is C23H19N3O5. The summed E-state index contributed by atoms with van der Waals surface area (Å²) in [7, 11) is 1.52. The standard InChI is InChI=1S/C23H19N3O5/c1-30-18-10-9-14-21(27)19(12-16-13-6-2-3-7-15(13)24-25-16)31-22(14)20(18)17-8-4-5-11-26(17)23(28)29/h2-4,6-10,12,17,27H,5,11H2,1H3,(H,28,29). The first kappa shape index (κ1) is 18.9. The van der Waals surface area contributed by atoms with Crippen molar-refractivity contribution in [1.82, 2.24) is 4.90 Å². The van der Waals surface area contributed by atoms with Crippen molar-refractivity contribution in [2.45, 2.75) is 12.5 Å². The molecule has 31 heavy (non-hydrogen) atoms. The third-order valence-electron chi connectivity index (χ3n) is 5.52. The Balaban J connectivity index is 1.69. The lowest BCUT2D eigenvalue weighted by Gasteiger charge is -2.30. The fourth-order valence-corrected chi connectivity index (χ4v) is 4.04. The molecule has 2 N–H and O–H groups in total. The van der Waals surface area contributed by atoms with E-state index in [1.54, 1.807) is 18.2 Å². The normalized spacial score (nSPS) is 18.7. The van der Waals surface area contributed by atoms with Crippen LogP contribution in [0.4, 0.5) is 10.5 Å². The Morgan fingerprint density at radius 2 is 2.10 bits per heavy atom. The highest BCUT2D eigenvalue weighted by Gasteiger charge is 2.31. The van der Waals surface area contributed by atoms with Crippen LogP contribution in [0.1, 0.15) is 29.3 Å². The van der Waals surface area contributed by atoms with Crippen LogP contribution in [0.25, 0.3) is 22.7 Å². The maximum atomic E-state index is 11.8. The zero-order valence-corrected chi connectivity index (χ0v) is 16.6. The number of carboxylic acid groups (broad SMARTS) is 1. The summed E-state index contributed by atoms with van der Waals surface area (Å²) in [5, 5.41) is 29.3. The van der Waals surface area contributed by atoms with E-state index < -0.39 is 12.1 Å². The molecule has 0 saturated heterocycles. The van der Waals surface area contributed by atoms with Crippen LogP contribution in [0.2, 0.25) is 0 Å². The van der Waals surface area contributed by atoms with E-state index in [1.165, 1.54) is 12.0 Å². The predicted octanol–water partition coefficient (Wildman–Crippen LogP) is 5.72. The monoisotopic (exact) mass is 417 g/mol. The molecule has 8 nitrogen and oxygen atoms in total. The predicted molar refractivity (Wildman–Crippen MR) is 114 cm³/mol. The minimum atomic E-state index is -1.03. The number of nitrogens with zero attached hydrogens (tertiary/aromatic N) is 3. The average molecular weight is 417 g/mol. The lowest BCUT2D eigenvalue weighted by Crippen LogP contribution is -2.35. The van der Waals surface area contributed by atoms with Crippen molar-refractivity contribution in [3.05, 3.63) is 65.4 Å². The van der Waals surface area contributed by atoms with Gasteiger partial charge in [0.2, 0.25) is 0 Å². The largest absolute Gasteiger partial charge is 0.504 e. The molecule has 0 radical (unpaired) electrons. The van der Waals surface area contributed by atoms with Gasteiger partial charge in [0.25, 0.3) is 0 Å². The molecule has 3 aromatic rings. The van der Waals surface area contributed by atoms with E-state index in [0.29, 0.717) is 40.9 Å². The summed E-state index contributed by atoms with van der Waals surface area (Å²) in [5.74, 6) is 0.652. The van der Waals surface area contributed by atoms with Crippen LogP contribution in [0.3, 0.4) is 0 Å². The number of hydrogen-bond donors (Lipinski definition) is 2. The summed E-state index contributed by atoms with van der Waals surface area (Å²) in [6.07, 6.45) is 4.98. The highest BCUT2D eigenvalue weighted by Crippen LogP contribution is 2.45. The number of fused-ring (bicyclic) bond motifs is 2. The van der Waals surface area contributed by atoms with Gasteiger partial charge in [-0.2, -0.15) is 0 Å². The molecule has 0 bridgehead atoms. The van der Waals surface area contributed by atoms with Gasteiger partial charge in [-0.25, -0.2) is 4.79 Å². The first-order valence-electron chi connectivity index (χ1n) is 9.80. The third kappa shape index (κ3) is 3.04. The lowest BCUT2D eigenvalue weighted by molar-refractivity contribution is 0.131. The molecule has 1 unspecified atom stereocenters. The minimum Gasteiger partial charge on any atom is -0.504 e. The number of hydrogen-bond acceptors (Lipinski definition) is 6. The van der Waals surface area contributed by atoms with E-state index in [4.69, 9.17) is 9.15 Å². The zero-order valence-electron chi connectivity index (χ0n) is 16.6. The molecule has 1 amide bonds. The molecule has 2 aliphatic rings. The number of azo groups is 1. The molecule has 156 valence electrons. The van der Waals surface area contributed by atoms with E-state index in [-0.39, 0.29) is 11.5 Å². The van der Waals surface area contributed by atoms with Crippen molar-refractivity contribution < 1.29 is 24.2 Å². The zero-order chi connectivity index (χ0) is 21.5. The van der Waals surface area contributed by atoms with E-state index in [2.05, 4.69) is 10.2 Å². The fraction of sp³-hybridized carbons (Fsp3) is 0.174.